The van der Waals surface area contributed by atoms with E-state index in [1.54, 1.807) is 24.3 Å². The Labute approximate surface area is 213 Å². The molecule has 5 atom stereocenters. The molecule has 3 aromatic rings. The standard InChI is InChI=1S/C28H27NO8/c1-35-19-13-11-18(12-14-19)28(34)25(29-26(32)20-9-5-6-10-21(20)27(29)33)24(31)23(30)22(37-28)16-36-15-17-7-3-2-4-8-17/h2-14,22-25,30-31,34H,15-16H2,1H3/t22-,23-,24+,25+,28+/m1/s1. The number of hydrogen-bond donors (Lipinski definition) is 3. The van der Waals surface area contributed by atoms with Gasteiger partial charge >= 0.3 is 0 Å². The van der Waals surface area contributed by atoms with Gasteiger partial charge in [0.1, 0.15) is 30.1 Å². The van der Waals surface area contributed by atoms with E-state index in [1.807, 2.05) is 30.3 Å². The van der Waals surface area contributed by atoms with Crippen LogP contribution in [0.1, 0.15) is 31.8 Å². The van der Waals surface area contributed by atoms with Crippen LogP contribution in [0.4, 0.5) is 0 Å². The first-order valence-electron chi connectivity index (χ1n) is 11.8. The lowest BCUT2D eigenvalue weighted by Crippen LogP contribution is -2.69. The summed E-state index contributed by atoms with van der Waals surface area (Å²) in [5.74, 6) is -3.26. The van der Waals surface area contributed by atoms with E-state index in [1.165, 1.54) is 31.4 Å². The van der Waals surface area contributed by atoms with Crippen LogP contribution in [0.2, 0.25) is 0 Å². The maximum absolute atomic E-state index is 13.3. The number of carbonyl (C=O) groups is 2. The van der Waals surface area contributed by atoms with E-state index in [0.29, 0.717) is 5.75 Å². The molecule has 1 saturated heterocycles. The van der Waals surface area contributed by atoms with Crippen molar-refractivity contribution in [3.05, 3.63) is 101 Å². The van der Waals surface area contributed by atoms with Crippen molar-refractivity contribution in [3.63, 3.8) is 0 Å². The topological polar surface area (TPSA) is 126 Å². The summed E-state index contributed by atoms with van der Waals surface area (Å²) in [5, 5.41) is 34.2. The monoisotopic (exact) mass is 505 g/mol. The van der Waals surface area contributed by atoms with Crippen molar-refractivity contribution in [2.45, 2.75) is 36.7 Å². The fraction of sp³-hybridized carbons (Fsp3) is 0.286. The highest BCUT2D eigenvalue weighted by molar-refractivity contribution is 6.21. The second kappa shape index (κ2) is 10.0. The number of methoxy groups -OCH3 is 1. The third kappa shape index (κ3) is 4.41. The van der Waals surface area contributed by atoms with Crippen molar-refractivity contribution in [1.29, 1.82) is 0 Å². The van der Waals surface area contributed by atoms with Gasteiger partial charge in [-0.3, -0.25) is 14.5 Å². The van der Waals surface area contributed by atoms with Gasteiger partial charge in [0.15, 0.2) is 0 Å². The van der Waals surface area contributed by atoms with Gasteiger partial charge in [0.25, 0.3) is 11.8 Å². The molecule has 192 valence electrons. The summed E-state index contributed by atoms with van der Waals surface area (Å²) < 4.78 is 16.9. The Morgan fingerprint density at radius 2 is 1.46 bits per heavy atom. The number of rotatable bonds is 7. The van der Waals surface area contributed by atoms with Crippen molar-refractivity contribution in [3.8, 4) is 5.75 Å². The Balaban J connectivity index is 1.49. The number of imide groups is 1. The molecule has 3 N–H and O–H groups in total. The summed E-state index contributed by atoms with van der Waals surface area (Å²) in [6.45, 7) is 0.0484. The zero-order chi connectivity index (χ0) is 26.2. The Bertz CT molecular complexity index is 1250. The highest BCUT2D eigenvalue weighted by Gasteiger charge is 2.60. The first-order valence-corrected chi connectivity index (χ1v) is 11.8. The number of carbonyl (C=O) groups excluding carboxylic acids is 2. The molecular formula is C28H27NO8. The first-order chi connectivity index (χ1) is 17.8. The second-order valence-electron chi connectivity index (χ2n) is 9.03. The van der Waals surface area contributed by atoms with Gasteiger partial charge in [-0.1, -0.05) is 42.5 Å². The molecule has 0 aliphatic carbocycles. The van der Waals surface area contributed by atoms with Crippen molar-refractivity contribution < 1.29 is 39.1 Å². The Kier molecular flexibility index (Phi) is 6.80. The van der Waals surface area contributed by atoms with Crippen LogP contribution in [-0.2, 0) is 21.9 Å². The van der Waals surface area contributed by atoms with Crippen LogP contribution in [0.3, 0.4) is 0 Å². The van der Waals surface area contributed by atoms with E-state index in [2.05, 4.69) is 0 Å². The van der Waals surface area contributed by atoms with Crippen LogP contribution in [0, 0.1) is 0 Å². The summed E-state index contributed by atoms with van der Waals surface area (Å²) in [7, 11) is 1.49. The van der Waals surface area contributed by atoms with Gasteiger partial charge in [-0.05, 0) is 42.0 Å². The highest BCUT2D eigenvalue weighted by Crippen LogP contribution is 2.42. The van der Waals surface area contributed by atoms with Crippen molar-refractivity contribution in [2.24, 2.45) is 0 Å². The van der Waals surface area contributed by atoms with Crippen LogP contribution >= 0.6 is 0 Å². The van der Waals surface area contributed by atoms with Gasteiger partial charge in [0, 0.05) is 5.56 Å². The average Bonchev–Trinajstić information content (AvgIpc) is 3.17. The third-order valence-corrected chi connectivity index (χ3v) is 6.79. The molecule has 0 radical (unpaired) electrons. The largest absolute Gasteiger partial charge is 0.497 e. The Hall–Kier alpha value is -3.60. The predicted molar refractivity (Wildman–Crippen MR) is 131 cm³/mol. The molecular weight excluding hydrogens is 478 g/mol. The van der Waals surface area contributed by atoms with Gasteiger partial charge < -0.3 is 29.5 Å². The van der Waals surface area contributed by atoms with Crippen LogP contribution < -0.4 is 4.74 Å². The fourth-order valence-corrected chi connectivity index (χ4v) is 4.86. The molecule has 9 heteroatoms. The zero-order valence-corrected chi connectivity index (χ0v) is 20.1. The lowest BCUT2D eigenvalue weighted by atomic mass is 9.85. The van der Waals surface area contributed by atoms with E-state index < -0.39 is 42.0 Å². The van der Waals surface area contributed by atoms with Gasteiger partial charge in [-0.25, -0.2) is 0 Å². The zero-order valence-electron chi connectivity index (χ0n) is 20.1. The molecule has 0 saturated carbocycles. The lowest BCUT2D eigenvalue weighted by Gasteiger charge is -2.50. The molecule has 2 heterocycles. The number of fused-ring (bicyclic) bond motifs is 1. The lowest BCUT2D eigenvalue weighted by molar-refractivity contribution is -0.338. The van der Waals surface area contributed by atoms with E-state index >= 15 is 0 Å². The molecule has 1 fully saturated rings. The molecule has 2 amide bonds. The van der Waals surface area contributed by atoms with Crippen molar-refractivity contribution >= 4 is 11.8 Å². The molecule has 2 aliphatic rings. The van der Waals surface area contributed by atoms with E-state index in [-0.39, 0.29) is 29.9 Å². The normalized spacial score (nSPS) is 27.3. The quantitative estimate of drug-likeness (QED) is 0.416. The maximum Gasteiger partial charge on any atom is 0.262 e. The average molecular weight is 506 g/mol. The molecule has 0 spiro atoms. The maximum atomic E-state index is 13.3. The molecule has 9 nitrogen and oxygen atoms in total. The minimum absolute atomic E-state index is 0.139. The molecule has 2 aliphatic heterocycles. The molecule has 0 bridgehead atoms. The van der Waals surface area contributed by atoms with Gasteiger partial charge in [-0.15, -0.1) is 0 Å². The Morgan fingerprint density at radius 1 is 0.865 bits per heavy atom. The number of amides is 2. The van der Waals surface area contributed by atoms with E-state index in [0.717, 1.165) is 10.5 Å². The SMILES string of the molecule is COc1ccc([C@]2(O)O[C@H](COCc3ccccc3)[C@@H](O)[C@H](O)[C@@H]2N2C(=O)c3ccccc3C2=O)cc1. The van der Waals surface area contributed by atoms with Gasteiger partial charge in [0.05, 0.1) is 31.5 Å². The van der Waals surface area contributed by atoms with E-state index in [4.69, 9.17) is 14.2 Å². The molecule has 0 aromatic heterocycles. The van der Waals surface area contributed by atoms with Crippen molar-refractivity contribution in [1.82, 2.24) is 4.90 Å². The van der Waals surface area contributed by atoms with Crippen LogP contribution in [0.15, 0.2) is 78.9 Å². The number of hydrogen-bond acceptors (Lipinski definition) is 8. The van der Waals surface area contributed by atoms with Crippen LogP contribution in [0.5, 0.6) is 5.75 Å². The van der Waals surface area contributed by atoms with E-state index in [9.17, 15) is 24.9 Å². The van der Waals surface area contributed by atoms with Crippen LogP contribution in [-0.4, -0.2) is 70.1 Å². The third-order valence-electron chi connectivity index (χ3n) is 6.79. The predicted octanol–water partition coefficient (Wildman–Crippen LogP) is 1.84. The summed E-state index contributed by atoms with van der Waals surface area (Å²) in [6, 6.07) is 20.1. The van der Waals surface area contributed by atoms with Gasteiger partial charge in [0.2, 0.25) is 5.79 Å². The van der Waals surface area contributed by atoms with Crippen molar-refractivity contribution in [2.75, 3.05) is 13.7 Å². The summed E-state index contributed by atoms with van der Waals surface area (Å²) in [4.78, 5) is 27.3. The second-order valence-corrected chi connectivity index (χ2v) is 9.03. The number of nitrogens with zero attached hydrogens (tertiary/aromatic N) is 1. The number of benzene rings is 3. The first kappa shape index (κ1) is 25.1. The number of ether oxygens (including phenoxy) is 3. The summed E-state index contributed by atoms with van der Waals surface area (Å²) >= 11 is 0. The van der Waals surface area contributed by atoms with Crippen LogP contribution in [0.25, 0.3) is 0 Å². The summed E-state index contributed by atoms with van der Waals surface area (Å²) in [5.41, 5.74) is 1.33. The molecule has 3 aromatic carbocycles. The molecule has 37 heavy (non-hydrogen) atoms. The molecule has 0 unspecified atom stereocenters. The summed E-state index contributed by atoms with van der Waals surface area (Å²) in [6.07, 6.45) is -4.48. The minimum atomic E-state index is -2.36. The van der Waals surface area contributed by atoms with Gasteiger partial charge in [-0.2, -0.15) is 0 Å². The highest BCUT2D eigenvalue weighted by atomic mass is 16.7. The Morgan fingerprint density at radius 3 is 2.05 bits per heavy atom. The number of aliphatic hydroxyl groups excluding tert-OH is 2. The minimum Gasteiger partial charge on any atom is -0.497 e. The molecule has 5 rings (SSSR count). The smallest absolute Gasteiger partial charge is 0.262 e. The number of aliphatic hydroxyl groups is 3. The fourth-order valence-electron chi connectivity index (χ4n) is 4.86.